The molecule has 0 aromatic rings. The van der Waals surface area contributed by atoms with Gasteiger partial charge in [-0.2, -0.15) is 0 Å². The number of likely N-dealkylation sites (tertiary alicyclic amines) is 1. The molecular weight excluding hydrogens is 166 g/mol. The van der Waals surface area contributed by atoms with E-state index in [0.29, 0.717) is 5.78 Å². The van der Waals surface area contributed by atoms with Crippen molar-refractivity contribution >= 4 is 5.78 Å². The molecule has 0 amide bonds. The summed E-state index contributed by atoms with van der Waals surface area (Å²) in [5.41, 5.74) is 0. The standard InChI is InChI=1S/C10H17NO2/c12-9-4-5-11(7-9)6-8-2-1-3-10(8)13/h8-9,12H,1-7H2. The fourth-order valence-corrected chi connectivity index (χ4v) is 2.37. The van der Waals surface area contributed by atoms with Crippen molar-refractivity contribution < 1.29 is 9.90 Å². The molecule has 0 radical (unpaired) electrons. The van der Waals surface area contributed by atoms with Gasteiger partial charge in [0.05, 0.1) is 6.10 Å². The van der Waals surface area contributed by atoms with E-state index in [0.717, 1.165) is 45.3 Å². The van der Waals surface area contributed by atoms with E-state index in [1.54, 1.807) is 0 Å². The van der Waals surface area contributed by atoms with Crippen LogP contribution >= 0.6 is 0 Å². The van der Waals surface area contributed by atoms with Gasteiger partial charge in [-0.1, -0.05) is 0 Å². The number of hydrogen-bond acceptors (Lipinski definition) is 3. The van der Waals surface area contributed by atoms with E-state index in [1.807, 2.05) is 0 Å². The quantitative estimate of drug-likeness (QED) is 0.674. The van der Waals surface area contributed by atoms with Gasteiger partial charge in [0.15, 0.2) is 0 Å². The third kappa shape index (κ3) is 2.09. The van der Waals surface area contributed by atoms with Crippen molar-refractivity contribution in [2.24, 2.45) is 5.92 Å². The molecule has 0 spiro atoms. The van der Waals surface area contributed by atoms with Crippen molar-refractivity contribution in [2.75, 3.05) is 19.6 Å². The lowest BCUT2D eigenvalue weighted by Gasteiger charge is -2.18. The Labute approximate surface area is 78.7 Å². The lowest BCUT2D eigenvalue weighted by molar-refractivity contribution is -0.121. The van der Waals surface area contributed by atoms with Crippen molar-refractivity contribution in [3.8, 4) is 0 Å². The zero-order chi connectivity index (χ0) is 9.26. The van der Waals surface area contributed by atoms with Crippen molar-refractivity contribution in [1.29, 1.82) is 0 Å². The van der Waals surface area contributed by atoms with E-state index in [1.165, 1.54) is 0 Å². The van der Waals surface area contributed by atoms with E-state index in [2.05, 4.69) is 4.90 Å². The number of carbonyl (C=O) groups is 1. The molecule has 1 heterocycles. The van der Waals surface area contributed by atoms with E-state index < -0.39 is 0 Å². The van der Waals surface area contributed by atoms with E-state index in [9.17, 15) is 9.90 Å². The van der Waals surface area contributed by atoms with Gasteiger partial charge in [0.25, 0.3) is 0 Å². The minimum absolute atomic E-state index is 0.156. The average molecular weight is 183 g/mol. The molecule has 74 valence electrons. The summed E-state index contributed by atoms with van der Waals surface area (Å²) in [7, 11) is 0. The highest BCUT2D eigenvalue weighted by Gasteiger charge is 2.29. The van der Waals surface area contributed by atoms with Crippen LogP contribution in [0.4, 0.5) is 0 Å². The summed E-state index contributed by atoms with van der Waals surface area (Å²) in [6, 6.07) is 0. The second-order valence-electron chi connectivity index (χ2n) is 4.26. The summed E-state index contributed by atoms with van der Waals surface area (Å²) in [5, 5.41) is 9.31. The second-order valence-corrected chi connectivity index (χ2v) is 4.26. The van der Waals surface area contributed by atoms with Crippen LogP contribution in [0.15, 0.2) is 0 Å². The monoisotopic (exact) mass is 183 g/mol. The van der Waals surface area contributed by atoms with E-state index >= 15 is 0 Å². The zero-order valence-electron chi connectivity index (χ0n) is 7.91. The molecule has 0 aromatic heterocycles. The third-order valence-electron chi connectivity index (χ3n) is 3.16. The van der Waals surface area contributed by atoms with Crippen LogP contribution in [0, 0.1) is 5.92 Å². The highest BCUT2D eigenvalue weighted by molar-refractivity contribution is 5.83. The first-order valence-electron chi connectivity index (χ1n) is 5.19. The summed E-state index contributed by atoms with van der Waals surface area (Å²) in [6.45, 7) is 2.62. The molecule has 0 bridgehead atoms. The predicted molar refractivity (Wildman–Crippen MR) is 49.4 cm³/mol. The maximum atomic E-state index is 11.4. The van der Waals surface area contributed by atoms with Gasteiger partial charge in [0.2, 0.25) is 0 Å². The molecule has 13 heavy (non-hydrogen) atoms. The SMILES string of the molecule is O=C1CCCC1CN1CCC(O)C1. The summed E-state index contributed by atoms with van der Waals surface area (Å²) in [6.07, 6.45) is 3.63. The molecule has 1 saturated carbocycles. The molecule has 3 heteroatoms. The highest BCUT2D eigenvalue weighted by atomic mass is 16.3. The summed E-state index contributed by atoms with van der Waals surface area (Å²) < 4.78 is 0. The van der Waals surface area contributed by atoms with Gasteiger partial charge in [0.1, 0.15) is 5.78 Å². The summed E-state index contributed by atoms with van der Waals surface area (Å²) in [4.78, 5) is 13.6. The highest BCUT2D eigenvalue weighted by Crippen LogP contribution is 2.23. The topological polar surface area (TPSA) is 40.5 Å². The van der Waals surface area contributed by atoms with Crippen LogP contribution in [0.5, 0.6) is 0 Å². The molecule has 1 saturated heterocycles. The molecule has 1 aliphatic carbocycles. The minimum atomic E-state index is -0.156. The lowest BCUT2D eigenvalue weighted by Crippen LogP contribution is -2.30. The molecule has 2 rings (SSSR count). The average Bonchev–Trinajstić information content (AvgIpc) is 2.64. The van der Waals surface area contributed by atoms with Gasteiger partial charge in [-0.25, -0.2) is 0 Å². The minimum Gasteiger partial charge on any atom is -0.392 e. The van der Waals surface area contributed by atoms with Crippen molar-refractivity contribution in [3.05, 3.63) is 0 Å². The molecule has 1 aliphatic heterocycles. The lowest BCUT2D eigenvalue weighted by atomic mass is 10.1. The summed E-state index contributed by atoms with van der Waals surface area (Å²) in [5.74, 6) is 0.701. The van der Waals surface area contributed by atoms with Crippen molar-refractivity contribution in [1.82, 2.24) is 4.90 Å². The third-order valence-corrected chi connectivity index (χ3v) is 3.16. The van der Waals surface area contributed by atoms with Crippen LogP contribution in [-0.2, 0) is 4.79 Å². The molecule has 2 atom stereocenters. The van der Waals surface area contributed by atoms with Gasteiger partial charge in [-0.3, -0.25) is 9.69 Å². The van der Waals surface area contributed by atoms with Gasteiger partial charge in [-0.15, -0.1) is 0 Å². The largest absolute Gasteiger partial charge is 0.392 e. The Morgan fingerprint density at radius 3 is 2.85 bits per heavy atom. The number of hydrogen-bond donors (Lipinski definition) is 1. The van der Waals surface area contributed by atoms with Crippen LogP contribution in [0.1, 0.15) is 25.7 Å². The Hall–Kier alpha value is -0.410. The first-order chi connectivity index (χ1) is 6.25. The predicted octanol–water partition coefficient (Wildman–Crippen LogP) is 0.422. The number of carbonyl (C=O) groups excluding carboxylic acids is 1. The number of nitrogens with zero attached hydrogens (tertiary/aromatic N) is 1. The molecule has 3 nitrogen and oxygen atoms in total. The normalized spacial score (nSPS) is 35.9. The maximum absolute atomic E-state index is 11.4. The fraction of sp³-hybridized carbons (Fsp3) is 0.900. The number of ketones is 1. The number of aliphatic hydroxyl groups excluding tert-OH is 1. The van der Waals surface area contributed by atoms with Gasteiger partial charge < -0.3 is 5.11 Å². The smallest absolute Gasteiger partial charge is 0.137 e. The Morgan fingerprint density at radius 1 is 1.46 bits per heavy atom. The second kappa shape index (κ2) is 3.76. The van der Waals surface area contributed by atoms with Gasteiger partial charge in [-0.05, 0) is 19.3 Å². The number of rotatable bonds is 2. The molecule has 0 aromatic carbocycles. The first kappa shape index (κ1) is 9.16. The Bertz CT molecular complexity index is 205. The van der Waals surface area contributed by atoms with Gasteiger partial charge in [0, 0.05) is 32.0 Å². The molecule has 2 fully saturated rings. The molecule has 2 unspecified atom stereocenters. The summed E-state index contributed by atoms with van der Waals surface area (Å²) >= 11 is 0. The molecule has 2 aliphatic rings. The maximum Gasteiger partial charge on any atom is 0.137 e. The van der Waals surface area contributed by atoms with E-state index in [-0.39, 0.29) is 12.0 Å². The van der Waals surface area contributed by atoms with Gasteiger partial charge >= 0.3 is 0 Å². The Kier molecular flexibility index (Phi) is 2.65. The van der Waals surface area contributed by atoms with E-state index in [4.69, 9.17) is 0 Å². The van der Waals surface area contributed by atoms with Crippen LogP contribution in [0.2, 0.25) is 0 Å². The van der Waals surface area contributed by atoms with Crippen molar-refractivity contribution in [2.45, 2.75) is 31.8 Å². The Morgan fingerprint density at radius 2 is 2.31 bits per heavy atom. The zero-order valence-corrected chi connectivity index (χ0v) is 7.91. The number of β-amino-alcohol motifs (C(OH)–C–C–N with tert-alkyl or cyclic N) is 1. The molecule has 1 N–H and O–H groups in total. The van der Waals surface area contributed by atoms with Crippen molar-refractivity contribution in [3.63, 3.8) is 0 Å². The van der Waals surface area contributed by atoms with Crippen LogP contribution in [0.25, 0.3) is 0 Å². The molecular formula is C10H17NO2. The van der Waals surface area contributed by atoms with Crippen LogP contribution < -0.4 is 0 Å². The first-order valence-corrected chi connectivity index (χ1v) is 5.19. The van der Waals surface area contributed by atoms with Crippen LogP contribution in [0.3, 0.4) is 0 Å². The number of Topliss-reactive ketones (excluding diaryl/α,β-unsaturated/α-hetero) is 1. The Balaban J connectivity index is 1.81. The number of aliphatic hydroxyl groups is 1. The van der Waals surface area contributed by atoms with Crippen LogP contribution in [-0.4, -0.2) is 41.5 Å². The fourth-order valence-electron chi connectivity index (χ4n) is 2.37.